The summed E-state index contributed by atoms with van der Waals surface area (Å²) in [5, 5.41) is 0. The molecule has 1 aliphatic heterocycles. The van der Waals surface area contributed by atoms with Crippen molar-refractivity contribution < 1.29 is 28.6 Å². The quantitative estimate of drug-likeness (QED) is 0.523. The number of para-hydroxylation sites is 1. The monoisotopic (exact) mass is 419 g/mol. The van der Waals surface area contributed by atoms with Gasteiger partial charge in [0.1, 0.15) is 12.3 Å². The second kappa shape index (κ2) is 10.1. The van der Waals surface area contributed by atoms with Crippen LogP contribution in [-0.4, -0.2) is 32.1 Å². The topological polar surface area (TPSA) is 82.1 Å². The van der Waals surface area contributed by atoms with Crippen molar-refractivity contribution in [3.63, 3.8) is 0 Å². The van der Waals surface area contributed by atoms with Gasteiger partial charge in [-0.05, 0) is 29.8 Å². The number of anilines is 1. The van der Waals surface area contributed by atoms with E-state index in [1.165, 1.54) is 25.2 Å². The Morgan fingerprint density at radius 1 is 0.806 bits per heavy atom. The zero-order valence-electron chi connectivity index (χ0n) is 17.1. The Morgan fingerprint density at radius 2 is 1.48 bits per heavy atom. The van der Waals surface area contributed by atoms with Gasteiger partial charge >= 0.3 is 17.9 Å². The van der Waals surface area contributed by atoms with Crippen LogP contribution in [0.1, 0.15) is 15.9 Å². The first kappa shape index (κ1) is 21.6. The molecule has 0 aliphatic carbocycles. The van der Waals surface area contributed by atoms with Gasteiger partial charge in [-0.2, -0.15) is 0 Å². The minimum Gasteiger partial charge on any atom is -0.465 e. The van der Waals surface area contributed by atoms with Gasteiger partial charge in [0, 0.05) is 6.20 Å². The second-order valence-electron chi connectivity index (χ2n) is 6.39. The number of carbonyl (C=O) groups is 3. The highest BCUT2D eigenvalue weighted by molar-refractivity contribution is 6.07. The Balaban J connectivity index is 2.02. The number of allylic oxidation sites excluding steroid dienone is 2. The van der Waals surface area contributed by atoms with E-state index in [0.717, 1.165) is 5.56 Å². The Hall–Kier alpha value is -4.13. The fraction of sp³-hybridized carbons (Fsp3) is 0.125. The third-order valence-corrected chi connectivity index (χ3v) is 4.49. The number of hydrogen-bond acceptors (Lipinski definition) is 7. The van der Waals surface area contributed by atoms with Gasteiger partial charge in [-0.3, -0.25) is 0 Å². The molecular formula is C24H21NO6. The van der Waals surface area contributed by atoms with Crippen LogP contribution in [-0.2, 0) is 30.4 Å². The lowest BCUT2D eigenvalue weighted by atomic mass is 10.1. The summed E-state index contributed by atoms with van der Waals surface area (Å²) >= 11 is 0. The average molecular weight is 419 g/mol. The molecule has 31 heavy (non-hydrogen) atoms. The van der Waals surface area contributed by atoms with Gasteiger partial charge in [0.2, 0.25) is 0 Å². The zero-order chi connectivity index (χ0) is 22.2. The van der Waals surface area contributed by atoms with Gasteiger partial charge in [-0.1, -0.05) is 48.5 Å². The molecule has 0 spiro atoms. The van der Waals surface area contributed by atoms with E-state index in [0.29, 0.717) is 5.69 Å². The lowest BCUT2D eigenvalue weighted by Crippen LogP contribution is -2.28. The van der Waals surface area contributed by atoms with Crippen molar-refractivity contribution in [2.75, 3.05) is 19.1 Å². The van der Waals surface area contributed by atoms with Crippen molar-refractivity contribution in [1.29, 1.82) is 0 Å². The van der Waals surface area contributed by atoms with Crippen LogP contribution in [0.3, 0.4) is 0 Å². The molecule has 0 saturated carbocycles. The van der Waals surface area contributed by atoms with E-state index in [-0.39, 0.29) is 23.4 Å². The van der Waals surface area contributed by atoms with Crippen molar-refractivity contribution in [2.45, 2.75) is 6.61 Å². The summed E-state index contributed by atoms with van der Waals surface area (Å²) in [5.74, 6) is -2.05. The molecule has 0 bridgehead atoms. The highest BCUT2D eigenvalue weighted by Gasteiger charge is 2.29. The van der Waals surface area contributed by atoms with Crippen molar-refractivity contribution >= 4 is 23.6 Å². The number of ether oxygens (including phenoxy) is 3. The molecule has 0 saturated heterocycles. The smallest absolute Gasteiger partial charge is 0.355 e. The van der Waals surface area contributed by atoms with Crippen LogP contribution >= 0.6 is 0 Å². The fourth-order valence-electron chi connectivity index (χ4n) is 3.01. The van der Waals surface area contributed by atoms with Crippen LogP contribution < -0.4 is 4.90 Å². The molecule has 0 fully saturated rings. The van der Waals surface area contributed by atoms with Crippen LogP contribution in [0.4, 0.5) is 5.69 Å². The number of benzene rings is 2. The van der Waals surface area contributed by atoms with Gasteiger partial charge in [-0.15, -0.1) is 0 Å². The summed E-state index contributed by atoms with van der Waals surface area (Å²) in [6.07, 6.45) is 6.23. The normalized spacial score (nSPS) is 12.9. The molecule has 0 aromatic heterocycles. The molecule has 0 atom stereocenters. The maximum atomic E-state index is 12.9. The Morgan fingerprint density at radius 3 is 2.19 bits per heavy atom. The average Bonchev–Trinajstić information content (AvgIpc) is 3.05. The number of rotatable bonds is 6. The first-order valence-corrected chi connectivity index (χ1v) is 9.42. The molecular weight excluding hydrogens is 398 g/mol. The Bertz CT molecular complexity index is 1070. The molecule has 2 aromatic rings. The standard InChI is InChI=1S/C24H21NO6/c1-29-22(26)19-13-8-9-15-25(21(19)24(28)30-2)20-14-7-6-12-18(20)23(27)31-16-17-10-4-3-5-11-17/h3-15H,16H2,1-2H3. The van der Waals surface area contributed by atoms with Gasteiger partial charge < -0.3 is 19.1 Å². The molecule has 1 aliphatic rings. The third-order valence-electron chi connectivity index (χ3n) is 4.49. The van der Waals surface area contributed by atoms with Crippen LogP contribution in [0.15, 0.2) is 90.3 Å². The maximum absolute atomic E-state index is 12.9. The SMILES string of the molecule is COC(=O)C1=C(C(=O)OC)N(c2ccccc2C(=O)OCc2ccccc2)C=CC=C1. The van der Waals surface area contributed by atoms with Crippen LogP contribution in [0.2, 0.25) is 0 Å². The summed E-state index contributed by atoms with van der Waals surface area (Å²) in [4.78, 5) is 39.2. The second-order valence-corrected chi connectivity index (χ2v) is 6.39. The van der Waals surface area contributed by atoms with E-state index in [4.69, 9.17) is 14.2 Å². The van der Waals surface area contributed by atoms with Gasteiger partial charge in [0.05, 0.1) is 31.0 Å². The van der Waals surface area contributed by atoms with Crippen molar-refractivity contribution in [3.8, 4) is 0 Å². The molecule has 7 nitrogen and oxygen atoms in total. The summed E-state index contributed by atoms with van der Waals surface area (Å²) in [5.41, 5.74) is 1.32. The van der Waals surface area contributed by atoms with Gasteiger partial charge in [0.15, 0.2) is 0 Å². The zero-order valence-corrected chi connectivity index (χ0v) is 17.1. The predicted octanol–water partition coefficient (Wildman–Crippen LogP) is 3.53. The highest BCUT2D eigenvalue weighted by Crippen LogP contribution is 2.30. The van der Waals surface area contributed by atoms with E-state index < -0.39 is 17.9 Å². The minimum atomic E-state index is -0.760. The number of nitrogens with zero attached hydrogens (tertiary/aromatic N) is 1. The molecule has 7 heteroatoms. The summed E-state index contributed by atoms with van der Waals surface area (Å²) in [7, 11) is 2.43. The summed E-state index contributed by atoms with van der Waals surface area (Å²) < 4.78 is 15.2. The number of hydrogen-bond donors (Lipinski definition) is 0. The first-order valence-electron chi connectivity index (χ1n) is 9.42. The molecule has 2 aromatic carbocycles. The molecule has 0 radical (unpaired) electrons. The van der Waals surface area contributed by atoms with E-state index >= 15 is 0 Å². The van der Waals surface area contributed by atoms with Gasteiger partial charge in [0.25, 0.3) is 0 Å². The minimum absolute atomic E-state index is 0.00759. The van der Waals surface area contributed by atoms with E-state index in [1.54, 1.807) is 42.6 Å². The molecule has 158 valence electrons. The highest BCUT2D eigenvalue weighted by atomic mass is 16.5. The maximum Gasteiger partial charge on any atom is 0.355 e. The number of esters is 3. The fourth-order valence-corrected chi connectivity index (χ4v) is 3.01. The van der Waals surface area contributed by atoms with Crippen LogP contribution in [0.25, 0.3) is 0 Å². The lowest BCUT2D eigenvalue weighted by Gasteiger charge is -2.24. The molecule has 3 rings (SSSR count). The molecule has 0 N–H and O–H groups in total. The summed E-state index contributed by atoms with van der Waals surface area (Å²) in [6, 6.07) is 15.9. The third kappa shape index (κ3) is 4.90. The summed E-state index contributed by atoms with van der Waals surface area (Å²) in [6.45, 7) is 0.0957. The first-order chi connectivity index (χ1) is 15.1. The number of methoxy groups -OCH3 is 2. The van der Waals surface area contributed by atoms with Crippen LogP contribution in [0, 0.1) is 0 Å². The Kier molecular flexibility index (Phi) is 7.01. The van der Waals surface area contributed by atoms with Crippen molar-refractivity contribution in [3.05, 3.63) is 101 Å². The predicted molar refractivity (Wildman–Crippen MR) is 114 cm³/mol. The van der Waals surface area contributed by atoms with E-state index in [2.05, 4.69) is 0 Å². The van der Waals surface area contributed by atoms with Crippen molar-refractivity contribution in [1.82, 2.24) is 0 Å². The largest absolute Gasteiger partial charge is 0.465 e. The van der Waals surface area contributed by atoms with Gasteiger partial charge in [-0.25, -0.2) is 14.4 Å². The van der Waals surface area contributed by atoms with E-state index in [9.17, 15) is 14.4 Å². The van der Waals surface area contributed by atoms with Crippen LogP contribution in [0.5, 0.6) is 0 Å². The van der Waals surface area contributed by atoms with Crippen molar-refractivity contribution in [2.24, 2.45) is 0 Å². The Labute approximate surface area is 179 Å². The molecule has 0 amide bonds. The van der Waals surface area contributed by atoms with E-state index in [1.807, 2.05) is 30.3 Å². The molecule has 1 heterocycles. The molecule has 0 unspecified atom stereocenters. The number of carbonyl (C=O) groups excluding carboxylic acids is 3. The lowest BCUT2D eigenvalue weighted by molar-refractivity contribution is -0.139.